The molecule has 1 aliphatic heterocycles. The van der Waals surface area contributed by atoms with E-state index in [1.807, 2.05) is 12.1 Å². The van der Waals surface area contributed by atoms with Crippen LogP contribution in [-0.4, -0.2) is 30.8 Å². The third-order valence-corrected chi connectivity index (χ3v) is 4.11. The molecule has 22 heavy (non-hydrogen) atoms. The lowest BCUT2D eigenvalue weighted by atomic mass is 9.88. The second-order valence-electron chi connectivity index (χ2n) is 5.22. The summed E-state index contributed by atoms with van der Waals surface area (Å²) < 4.78 is 0. The number of nitrogens with one attached hydrogen (secondary N) is 1. The highest BCUT2D eigenvalue weighted by Crippen LogP contribution is 2.36. The minimum Gasteiger partial charge on any atom is -0.388 e. The summed E-state index contributed by atoms with van der Waals surface area (Å²) in [5, 5.41) is 4.53. The molecule has 0 bridgehead atoms. The van der Waals surface area contributed by atoms with E-state index < -0.39 is 0 Å². The van der Waals surface area contributed by atoms with Gasteiger partial charge in [-0.1, -0.05) is 31.4 Å². The van der Waals surface area contributed by atoms with Crippen LogP contribution in [0.3, 0.4) is 0 Å². The smallest absolute Gasteiger partial charge is 0.261 e. The summed E-state index contributed by atoms with van der Waals surface area (Å²) in [4.78, 5) is 26.0. The quantitative estimate of drug-likeness (QED) is 0.885. The highest BCUT2D eigenvalue weighted by molar-refractivity contribution is 6.27. The van der Waals surface area contributed by atoms with Gasteiger partial charge in [0.15, 0.2) is 0 Å². The van der Waals surface area contributed by atoms with Gasteiger partial charge in [-0.3, -0.25) is 14.5 Å². The van der Waals surface area contributed by atoms with Gasteiger partial charge >= 0.3 is 0 Å². The number of imide groups is 1. The summed E-state index contributed by atoms with van der Waals surface area (Å²) in [5.41, 5.74) is 3.53. The summed E-state index contributed by atoms with van der Waals surface area (Å²) in [7, 11) is 3.29. The van der Waals surface area contributed by atoms with Crippen LogP contribution in [0, 0.1) is 0 Å². The molecule has 0 fully saturated rings. The Morgan fingerprint density at radius 3 is 2.23 bits per heavy atom. The number of carbonyl (C=O) groups is 2. The van der Waals surface area contributed by atoms with Gasteiger partial charge < -0.3 is 5.32 Å². The van der Waals surface area contributed by atoms with Crippen molar-refractivity contribution in [2.75, 3.05) is 14.1 Å². The fraction of sp³-hybridized carbons (Fsp3) is 0.111. The van der Waals surface area contributed by atoms with Crippen LogP contribution in [0.5, 0.6) is 0 Å². The maximum Gasteiger partial charge on any atom is 0.261 e. The molecule has 0 spiro atoms. The molecule has 0 aliphatic carbocycles. The Labute approximate surface area is 128 Å². The van der Waals surface area contributed by atoms with Crippen LogP contribution >= 0.6 is 0 Å². The SMILES string of the molecule is C=Cc1ccc2c3c(ccc(C(=C)NC)c13)C(=O)N(C)C2=O. The molecule has 0 saturated heterocycles. The molecule has 110 valence electrons. The van der Waals surface area contributed by atoms with E-state index in [1.54, 1.807) is 25.3 Å². The molecule has 4 nitrogen and oxygen atoms in total. The molecule has 3 rings (SSSR count). The van der Waals surface area contributed by atoms with Gasteiger partial charge in [-0.05, 0) is 23.1 Å². The Bertz CT molecular complexity index is 826. The first-order chi connectivity index (χ1) is 10.5. The van der Waals surface area contributed by atoms with Crippen LogP contribution in [0.2, 0.25) is 0 Å². The van der Waals surface area contributed by atoms with Crippen molar-refractivity contribution >= 4 is 34.4 Å². The van der Waals surface area contributed by atoms with Crippen molar-refractivity contribution in [2.24, 2.45) is 0 Å². The van der Waals surface area contributed by atoms with Gasteiger partial charge in [0.25, 0.3) is 11.8 Å². The third-order valence-electron chi connectivity index (χ3n) is 4.11. The van der Waals surface area contributed by atoms with Crippen molar-refractivity contribution < 1.29 is 9.59 Å². The molecular weight excluding hydrogens is 276 g/mol. The number of hydrogen-bond acceptors (Lipinski definition) is 3. The van der Waals surface area contributed by atoms with Crippen LogP contribution in [-0.2, 0) is 0 Å². The Hall–Kier alpha value is -2.88. The zero-order valence-electron chi connectivity index (χ0n) is 12.6. The average Bonchev–Trinajstić information content (AvgIpc) is 2.56. The lowest BCUT2D eigenvalue weighted by molar-refractivity contribution is 0.0650. The lowest BCUT2D eigenvalue weighted by Crippen LogP contribution is -2.37. The first kappa shape index (κ1) is 14.1. The summed E-state index contributed by atoms with van der Waals surface area (Å²) in [6, 6.07) is 7.21. The standard InChI is InChI=1S/C18H16N2O2/c1-5-11-6-7-13-16-14(18(22)20(4)17(13)21)9-8-12(15(11)16)10(2)19-3/h5-9,19H,1-2H2,3-4H3. The van der Waals surface area contributed by atoms with Crippen LogP contribution < -0.4 is 5.32 Å². The Kier molecular flexibility index (Phi) is 3.10. The van der Waals surface area contributed by atoms with E-state index >= 15 is 0 Å². The maximum atomic E-state index is 12.4. The van der Waals surface area contributed by atoms with Crippen molar-refractivity contribution in [1.82, 2.24) is 10.2 Å². The number of carbonyl (C=O) groups excluding carboxylic acids is 2. The fourth-order valence-corrected chi connectivity index (χ4v) is 2.89. The maximum absolute atomic E-state index is 12.4. The summed E-state index contributed by atoms with van der Waals surface area (Å²) in [6.07, 6.45) is 1.72. The summed E-state index contributed by atoms with van der Waals surface area (Å²) in [6.45, 7) is 7.83. The first-order valence-electron chi connectivity index (χ1n) is 6.92. The van der Waals surface area contributed by atoms with Crippen molar-refractivity contribution in [3.05, 3.63) is 59.7 Å². The van der Waals surface area contributed by atoms with Gasteiger partial charge in [0.05, 0.1) is 0 Å². The topological polar surface area (TPSA) is 49.4 Å². The molecule has 1 N–H and O–H groups in total. The highest BCUT2D eigenvalue weighted by atomic mass is 16.2. The van der Waals surface area contributed by atoms with Crippen LogP contribution in [0.15, 0.2) is 37.4 Å². The first-order valence-corrected chi connectivity index (χ1v) is 6.92. The van der Waals surface area contributed by atoms with Crippen LogP contribution in [0.4, 0.5) is 0 Å². The van der Waals surface area contributed by atoms with E-state index in [-0.39, 0.29) is 11.8 Å². The van der Waals surface area contributed by atoms with Crippen molar-refractivity contribution in [2.45, 2.75) is 0 Å². The molecule has 2 aromatic carbocycles. The fourth-order valence-electron chi connectivity index (χ4n) is 2.89. The molecule has 0 unspecified atom stereocenters. The van der Waals surface area contributed by atoms with Crippen molar-refractivity contribution in [3.8, 4) is 0 Å². The van der Waals surface area contributed by atoms with Gasteiger partial charge in [0.1, 0.15) is 0 Å². The monoisotopic (exact) mass is 292 g/mol. The van der Waals surface area contributed by atoms with E-state index in [0.29, 0.717) is 16.5 Å². The molecular formula is C18H16N2O2. The highest BCUT2D eigenvalue weighted by Gasteiger charge is 2.31. The van der Waals surface area contributed by atoms with Crippen molar-refractivity contribution in [3.63, 3.8) is 0 Å². The van der Waals surface area contributed by atoms with Gasteiger partial charge in [-0.2, -0.15) is 0 Å². The number of nitrogens with zero attached hydrogens (tertiary/aromatic N) is 1. The van der Waals surface area contributed by atoms with E-state index in [9.17, 15) is 9.59 Å². The summed E-state index contributed by atoms with van der Waals surface area (Å²) in [5.74, 6) is -0.573. The predicted molar refractivity (Wildman–Crippen MR) is 88.6 cm³/mol. The Morgan fingerprint density at radius 1 is 1.09 bits per heavy atom. The number of hydrogen-bond donors (Lipinski definition) is 1. The van der Waals surface area contributed by atoms with Gasteiger partial charge in [0, 0.05) is 41.9 Å². The minimum atomic E-state index is -0.287. The number of rotatable bonds is 3. The number of amides is 2. The summed E-state index contributed by atoms with van der Waals surface area (Å²) >= 11 is 0. The largest absolute Gasteiger partial charge is 0.388 e. The second-order valence-corrected chi connectivity index (χ2v) is 5.22. The number of benzene rings is 2. The van der Waals surface area contributed by atoms with Gasteiger partial charge in [-0.25, -0.2) is 0 Å². The predicted octanol–water partition coefficient (Wildman–Crippen LogP) is 2.90. The van der Waals surface area contributed by atoms with E-state index in [4.69, 9.17) is 0 Å². The minimum absolute atomic E-state index is 0.287. The van der Waals surface area contributed by atoms with Crippen molar-refractivity contribution in [1.29, 1.82) is 0 Å². The Morgan fingerprint density at radius 2 is 1.68 bits per heavy atom. The van der Waals surface area contributed by atoms with Gasteiger partial charge in [0.2, 0.25) is 0 Å². The molecule has 2 amide bonds. The average molecular weight is 292 g/mol. The van der Waals surface area contributed by atoms with E-state index in [2.05, 4.69) is 18.5 Å². The van der Waals surface area contributed by atoms with Crippen LogP contribution in [0.25, 0.3) is 22.5 Å². The molecule has 0 radical (unpaired) electrons. The third kappa shape index (κ3) is 1.70. The van der Waals surface area contributed by atoms with Gasteiger partial charge in [-0.15, -0.1) is 0 Å². The lowest BCUT2D eigenvalue weighted by Gasteiger charge is -2.25. The van der Waals surface area contributed by atoms with E-state index in [1.165, 1.54) is 7.05 Å². The molecule has 0 aromatic heterocycles. The molecule has 1 aliphatic rings. The second kappa shape index (κ2) is 4.84. The molecule has 4 heteroatoms. The van der Waals surface area contributed by atoms with Crippen LogP contribution in [0.1, 0.15) is 31.8 Å². The zero-order valence-corrected chi connectivity index (χ0v) is 12.6. The zero-order chi connectivity index (χ0) is 16.0. The molecule has 0 atom stereocenters. The molecule has 0 saturated carbocycles. The molecule has 2 aromatic rings. The Balaban J connectivity index is 2.53. The molecule has 1 heterocycles. The normalized spacial score (nSPS) is 13.5. The van der Waals surface area contributed by atoms with E-state index in [0.717, 1.165) is 27.1 Å².